The Morgan fingerprint density at radius 3 is 2.30 bits per heavy atom. The number of aromatic hydroxyl groups is 1. The Labute approximate surface area is 123 Å². The highest BCUT2D eigenvalue weighted by atomic mass is 16.3. The highest BCUT2D eigenvalue weighted by Crippen LogP contribution is 2.26. The maximum absolute atomic E-state index is 9.39. The average molecular weight is 276 g/mol. The topological polar surface area (TPSA) is 35.5 Å². The number of likely N-dealkylation sites (tertiary alicyclic amines) is 1. The van der Waals surface area contributed by atoms with Crippen molar-refractivity contribution in [3.05, 3.63) is 29.8 Å². The molecule has 3 heteroatoms. The molecule has 2 N–H and O–H groups in total. The first-order chi connectivity index (χ1) is 9.54. The molecule has 2 rings (SSSR count). The Morgan fingerprint density at radius 2 is 1.75 bits per heavy atom. The van der Waals surface area contributed by atoms with Crippen LogP contribution in [0.3, 0.4) is 0 Å². The van der Waals surface area contributed by atoms with Gasteiger partial charge in [0.1, 0.15) is 5.75 Å². The van der Waals surface area contributed by atoms with Crippen molar-refractivity contribution in [3.8, 4) is 5.75 Å². The lowest BCUT2D eigenvalue weighted by Crippen LogP contribution is -2.59. The van der Waals surface area contributed by atoms with E-state index in [2.05, 4.69) is 31.1 Å². The molecule has 3 nitrogen and oxygen atoms in total. The molecule has 0 saturated carbocycles. The summed E-state index contributed by atoms with van der Waals surface area (Å²) in [6, 6.07) is 7.99. The van der Waals surface area contributed by atoms with Crippen molar-refractivity contribution in [2.24, 2.45) is 0 Å². The molecular weight excluding hydrogens is 248 g/mol. The minimum Gasteiger partial charge on any atom is -0.508 e. The normalized spacial score (nSPS) is 18.9. The van der Waals surface area contributed by atoms with Gasteiger partial charge in [-0.05, 0) is 70.9 Å². The van der Waals surface area contributed by atoms with Crippen molar-refractivity contribution in [1.82, 2.24) is 10.2 Å². The van der Waals surface area contributed by atoms with E-state index >= 15 is 0 Å². The van der Waals surface area contributed by atoms with Crippen LogP contribution in [0.25, 0.3) is 0 Å². The van der Waals surface area contributed by atoms with Gasteiger partial charge in [-0.1, -0.05) is 18.6 Å². The first-order valence-corrected chi connectivity index (χ1v) is 7.74. The largest absolute Gasteiger partial charge is 0.508 e. The molecular formula is C17H28N2O. The van der Waals surface area contributed by atoms with Gasteiger partial charge < -0.3 is 10.4 Å². The predicted octanol–water partition coefficient (Wildman–Crippen LogP) is 2.79. The molecule has 1 aliphatic rings. The predicted molar refractivity (Wildman–Crippen MR) is 84.2 cm³/mol. The van der Waals surface area contributed by atoms with E-state index in [0.717, 1.165) is 6.42 Å². The summed E-state index contributed by atoms with van der Waals surface area (Å²) < 4.78 is 0. The van der Waals surface area contributed by atoms with Crippen LogP contribution >= 0.6 is 0 Å². The van der Waals surface area contributed by atoms with E-state index in [4.69, 9.17) is 0 Å². The Morgan fingerprint density at radius 1 is 1.15 bits per heavy atom. The van der Waals surface area contributed by atoms with Gasteiger partial charge in [-0.3, -0.25) is 4.90 Å². The molecule has 0 amide bonds. The summed E-state index contributed by atoms with van der Waals surface area (Å²) in [6.45, 7) is 7.11. The van der Waals surface area contributed by atoms with E-state index in [9.17, 15) is 5.11 Å². The number of piperidine rings is 1. The van der Waals surface area contributed by atoms with Gasteiger partial charge in [0.15, 0.2) is 0 Å². The van der Waals surface area contributed by atoms with Crippen LogP contribution in [0.5, 0.6) is 5.75 Å². The standard InChI is InChI=1S/C17H28N2O/c1-17(2,19-11-5-4-6-12-19)16(18-3)13-14-7-9-15(20)10-8-14/h7-10,16,18,20H,4-6,11-13H2,1-3H3. The summed E-state index contributed by atoms with van der Waals surface area (Å²) in [5.74, 6) is 0.338. The maximum atomic E-state index is 9.39. The molecule has 1 fully saturated rings. The Kier molecular flexibility index (Phi) is 5.06. The second-order valence-corrected chi connectivity index (χ2v) is 6.41. The second-order valence-electron chi connectivity index (χ2n) is 6.41. The van der Waals surface area contributed by atoms with E-state index in [0.29, 0.717) is 11.8 Å². The maximum Gasteiger partial charge on any atom is 0.115 e. The second kappa shape index (κ2) is 6.59. The highest BCUT2D eigenvalue weighted by Gasteiger charge is 2.35. The molecule has 1 atom stereocenters. The summed E-state index contributed by atoms with van der Waals surface area (Å²) in [4.78, 5) is 2.62. The summed E-state index contributed by atoms with van der Waals surface area (Å²) in [6.07, 6.45) is 4.99. The smallest absolute Gasteiger partial charge is 0.115 e. The lowest BCUT2D eigenvalue weighted by molar-refractivity contribution is 0.0635. The molecule has 1 aromatic carbocycles. The fraction of sp³-hybridized carbons (Fsp3) is 0.647. The van der Waals surface area contributed by atoms with E-state index in [1.807, 2.05) is 12.1 Å². The minimum absolute atomic E-state index is 0.146. The zero-order chi connectivity index (χ0) is 14.6. The van der Waals surface area contributed by atoms with Gasteiger partial charge in [0.05, 0.1) is 0 Å². The van der Waals surface area contributed by atoms with Gasteiger partial charge >= 0.3 is 0 Å². The molecule has 0 aliphatic carbocycles. The first-order valence-electron chi connectivity index (χ1n) is 7.74. The highest BCUT2D eigenvalue weighted by molar-refractivity contribution is 5.27. The number of phenols is 1. The van der Waals surface area contributed by atoms with Crippen molar-refractivity contribution >= 4 is 0 Å². The molecule has 1 heterocycles. The number of nitrogens with zero attached hydrogens (tertiary/aromatic N) is 1. The van der Waals surface area contributed by atoms with Crippen molar-refractivity contribution in [1.29, 1.82) is 0 Å². The number of phenolic OH excluding ortho intramolecular Hbond substituents is 1. The molecule has 0 bridgehead atoms. The van der Waals surface area contributed by atoms with Gasteiger partial charge in [-0.15, -0.1) is 0 Å². The Hall–Kier alpha value is -1.06. The number of benzene rings is 1. The van der Waals surface area contributed by atoms with Crippen molar-refractivity contribution in [3.63, 3.8) is 0 Å². The molecule has 1 unspecified atom stereocenters. The van der Waals surface area contributed by atoms with Gasteiger partial charge in [0, 0.05) is 11.6 Å². The lowest BCUT2D eigenvalue weighted by atomic mass is 9.86. The minimum atomic E-state index is 0.146. The fourth-order valence-electron chi connectivity index (χ4n) is 3.26. The molecule has 0 spiro atoms. The van der Waals surface area contributed by atoms with Crippen molar-refractivity contribution < 1.29 is 5.11 Å². The van der Waals surface area contributed by atoms with Crippen LogP contribution in [-0.4, -0.2) is 41.7 Å². The van der Waals surface area contributed by atoms with E-state index < -0.39 is 0 Å². The van der Waals surface area contributed by atoms with E-state index in [-0.39, 0.29) is 5.54 Å². The molecule has 1 aromatic rings. The number of likely N-dealkylation sites (N-methyl/N-ethyl adjacent to an activating group) is 1. The number of rotatable bonds is 5. The third-order valence-corrected chi connectivity index (χ3v) is 4.75. The third-order valence-electron chi connectivity index (χ3n) is 4.75. The monoisotopic (exact) mass is 276 g/mol. The van der Waals surface area contributed by atoms with Crippen LogP contribution in [0.4, 0.5) is 0 Å². The van der Waals surface area contributed by atoms with Crippen molar-refractivity contribution in [2.75, 3.05) is 20.1 Å². The fourth-order valence-corrected chi connectivity index (χ4v) is 3.26. The van der Waals surface area contributed by atoms with Crippen LogP contribution in [0.15, 0.2) is 24.3 Å². The van der Waals surface area contributed by atoms with E-state index in [1.165, 1.54) is 37.9 Å². The molecule has 1 saturated heterocycles. The van der Waals surface area contributed by atoms with Gasteiger partial charge in [0.25, 0.3) is 0 Å². The number of nitrogens with one attached hydrogen (secondary N) is 1. The quantitative estimate of drug-likeness (QED) is 0.868. The SMILES string of the molecule is CNC(Cc1ccc(O)cc1)C(C)(C)N1CCCCC1. The summed E-state index contributed by atoms with van der Waals surface area (Å²) >= 11 is 0. The Bertz CT molecular complexity index is 408. The van der Waals surface area contributed by atoms with E-state index in [1.54, 1.807) is 12.1 Å². The van der Waals surface area contributed by atoms with Gasteiger partial charge in [0.2, 0.25) is 0 Å². The number of hydrogen-bond donors (Lipinski definition) is 2. The molecule has 1 aliphatic heterocycles. The summed E-state index contributed by atoms with van der Waals surface area (Å²) in [5, 5.41) is 12.9. The first kappa shape index (κ1) is 15.3. The van der Waals surface area contributed by atoms with Crippen LogP contribution in [0.2, 0.25) is 0 Å². The molecule has 0 aromatic heterocycles. The average Bonchev–Trinajstić information content (AvgIpc) is 2.47. The van der Waals surface area contributed by atoms with Gasteiger partial charge in [-0.2, -0.15) is 0 Å². The molecule has 112 valence electrons. The Balaban J connectivity index is 2.07. The zero-order valence-corrected chi connectivity index (χ0v) is 13.0. The van der Waals surface area contributed by atoms with Crippen LogP contribution in [-0.2, 0) is 6.42 Å². The zero-order valence-electron chi connectivity index (χ0n) is 13.0. The number of hydrogen-bond acceptors (Lipinski definition) is 3. The third kappa shape index (κ3) is 3.53. The van der Waals surface area contributed by atoms with Crippen LogP contribution in [0, 0.1) is 0 Å². The summed E-state index contributed by atoms with van der Waals surface area (Å²) in [7, 11) is 2.05. The van der Waals surface area contributed by atoms with Crippen molar-refractivity contribution in [2.45, 2.75) is 51.1 Å². The summed E-state index contributed by atoms with van der Waals surface area (Å²) in [5.41, 5.74) is 1.42. The van der Waals surface area contributed by atoms with Crippen LogP contribution < -0.4 is 5.32 Å². The lowest BCUT2D eigenvalue weighted by Gasteiger charge is -2.46. The molecule has 0 radical (unpaired) electrons. The van der Waals surface area contributed by atoms with Crippen LogP contribution in [0.1, 0.15) is 38.7 Å². The molecule has 20 heavy (non-hydrogen) atoms. The van der Waals surface area contributed by atoms with Gasteiger partial charge in [-0.25, -0.2) is 0 Å².